The van der Waals surface area contributed by atoms with E-state index >= 15 is 0 Å². The molecule has 4 rings (SSSR count). The van der Waals surface area contributed by atoms with Crippen molar-refractivity contribution in [3.8, 4) is 0 Å². The van der Waals surface area contributed by atoms with E-state index in [4.69, 9.17) is 4.74 Å². The fourth-order valence-electron chi connectivity index (χ4n) is 4.86. The average Bonchev–Trinajstić information content (AvgIpc) is 2.83. The molecule has 3 aliphatic rings. The van der Waals surface area contributed by atoms with E-state index in [1.165, 1.54) is 30.6 Å². The van der Waals surface area contributed by atoms with Gasteiger partial charge in [-0.25, -0.2) is 0 Å². The number of rotatable bonds is 4. The molecule has 1 aromatic rings. The Bertz CT molecular complexity index is 475. The molecule has 0 radical (unpaired) electrons. The van der Waals surface area contributed by atoms with E-state index in [9.17, 15) is 0 Å². The lowest BCUT2D eigenvalue weighted by Gasteiger charge is -2.33. The van der Waals surface area contributed by atoms with Gasteiger partial charge in [-0.15, -0.1) is 0 Å². The minimum Gasteiger partial charge on any atom is -0.376 e. The Morgan fingerprint density at radius 3 is 2.25 bits per heavy atom. The highest BCUT2D eigenvalue weighted by atomic mass is 16.5. The molecule has 2 nitrogen and oxygen atoms in total. The number of benzene rings is 1. The Balaban J connectivity index is 1.44. The summed E-state index contributed by atoms with van der Waals surface area (Å²) in [6, 6.07) is 8.85. The van der Waals surface area contributed by atoms with Gasteiger partial charge in [-0.05, 0) is 28.9 Å². The molecule has 108 valence electrons. The first-order valence-electron chi connectivity index (χ1n) is 8.09. The number of ether oxygens (including phenoxy) is 1. The van der Waals surface area contributed by atoms with Crippen LogP contribution in [0.4, 0.5) is 0 Å². The van der Waals surface area contributed by atoms with Gasteiger partial charge in [-0.3, -0.25) is 4.90 Å². The molecule has 0 amide bonds. The van der Waals surface area contributed by atoms with Gasteiger partial charge in [0, 0.05) is 39.6 Å². The van der Waals surface area contributed by atoms with Gasteiger partial charge < -0.3 is 4.74 Å². The Kier molecular flexibility index (Phi) is 2.94. The van der Waals surface area contributed by atoms with Crippen LogP contribution in [0.1, 0.15) is 24.5 Å². The van der Waals surface area contributed by atoms with Crippen molar-refractivity contribution in [2.75, 3.05) is 26.7 Å². The second kappa shape index (κ2) is 4.57. The third-order valence-electron chi connectivity index (χ3n) is 6.01. The van der Waals surface area contributed by atoms with Gasteiger partial charge in [0.1, 0.15) is 0 Å². The number of hydrogen-bond donors (Lipinski definition) is 0. The molecule has 20 heavy (non-hydrogen) atoms. The standard InChI is InChI=1S/C18H25NO/c1-3-15-16-10-19(11-17(15)16)12-18(20-2)8-13-6-4-5-7-14(13)9-18/h4-7,15-17H,3,8-12H2,1-2H3/t15-,16+,17?/m1/s1. The molecule has 1 saturated heterocycles. The van der Waals surface area contributed by atoms with Gasteiger partial charge in [0.2, 0.25) is 0 Å². The van der Waals surface area contributed by atoms with Gasteiger partial charge in [-0.1, -0.05) is 37.6 Å². The molecule has 1 aromatic carbocycles. The van der Waals surface area contributed by atoms with Crippen LogP contribution in [0.25, 0.3) is 0 Å². The SMILES string of the molecule is CC[C@H]1C2CN(CC3(OC)Cc4ccccc4C3)C[C@H]21. The number of piperidine rings is 1. The molecule has 2 heteroatoms. The van der Waals surface area contributed by atoms with Crippen molar-refractivity contribution >= 4 is 0 Å². The highest BCUT2D eigenvalue weighted by molar-refractivity contribution is 5.35. The normalized spacial score (nSPS) is 34.0. The van der Waals surface area contributed by atoms with Crippen LogP contribution in [-0.4, -0.2) is 37.2 Å². The Hall–Kier alpha value is -0.860. The van der Waals surface area contributed by atoms with Crippen molar-refractivity contribution in [2.24, 2.45) is 17.8 Å². The van der Waals surface area contributed by atoms with Crippen molar-refractivity contribution < 1.29 is 4.74 Å². The molecule has 0 spiro atoms. The van der Waals surface area contributed by atoms with E-state index in [1.54, 1.807) is 0 Å². The minimum absolute atomic E-state index is 0.0299. The molecule has 0 bridgehead atoms. The first kappa shape index (κ1) is 12.8. The van der Waals surface area contributed by atoms with Gasteiger partial charge >= 0.3 is 0 Å². The first-order chi connectivity index (χ1) is 9.74. The molecular weight excluding hydrogens is 246 g/mol. The third kappa shape index (κ3) is 1.93. The van der Waals surface area contributed by atoms with Gasteiger partial charge in [0.05, 0.1) is 5.60 Å². The number of fused-ring (bicyclic) bond motifs is 2. The fraction of sp³-hybridized carbons (Fsp3) is 0.667. The molecule has 1 aliphatic heterocycles. The van der Waals surface area contributed by atoms with Crippen LogP contribution >= 0.6 is 0 Å². The number of methoxy groups -OCH3 is 1. The molecule has 0 aromatic heterocycles. The molecule has 1 unspecified atom stereocenters. The summed E-state index contributed by atoms with van der Waals surface area (Å²) >= 11 is 0. The Morgan fingerprint density at radius 2 is 1.75 bits per heavy atom. The molecule has 0 N–H and O–H groups in total. The molecule has 2 aliphatic carbocycles. The largest absolute Gasteiger partial charge is 0.376 e. The van der Waals surface area contributed by atoms with Crippen molar-refractivity contribution in [3.63, 3.8) is 0 Å². The van der Waals surface area contributed by atoms with Crippen LogP contribution in [0, 0.1) is 17.8 Å². The zero-order chi connectivity index (χ0) is 13.7. The maximum atomic E-state index is 6.00. The highest BCUT2D eigenvalue weighted by Gasteiger charge is 2.55. The fourth-order valence-corrected chi connectivity index (χ4v) is 4.86. The van der Waals surface area contributed by atoms with Crippen molar-refractivity contribution in [3.05, 3.63) is 35.4 Å². The monoisotopic (exact) mass is 271 g/mol. The minimum atomic E-state index is 0.0299. The summed E-state index contributed by atoms with van der Waals surface area (Å²) in [4.78, 5) is 2.66. The second-order valence-electron chi connectivity index (χ2n) is 7.10. The second-order valence-corrected chi connectivity index (χ2v) is 7.10. The molecular formula is C18H25NO. The summed E-state index contributed by atoms with van der Waals surface area (Å²) in [6.07, 6.45) is 3.55. The van der Waals surface area contributed by atoms with Crippen LogP contribution < -0.4 is 0 Å². The van der Waals surface area contributed by atoms with Crippen molar-refractivity contribution in [1.29, 1.82) is 0 Å². The van der Waals surface area contributed by atoms with E-state index in [1.807, 2.05) is 7.11 Å². The van der Waals surface area contributed by atoms with Crippen molar-refractivity contribution in [2.45, 2.75) is 31.8 Å². The van der Waals surface area contributed by atoms with Gasteiger partial charge in [0.25, 0.3) is 0 Å². The zero-order valence-corrected chi connectivity index (χ0v) is 12.6. The van der Waals surface area contributed by atoms with Crippen LogP contribution in [-0.2, 0) is 17.6 Å². The summed E-state index contributed by atoms with van der Waals surface area (Å²) < 4.78 is 6.00. The molecule has 2 fully saturated rings. The van der Waals surface area contributed by atoms with E-state index in [-0.39, 0.29) is 5.60 Å². The maximum absolute atomic E-state index is 6.00. The highest BCUT2D eigenvalue weighted by Crippen LogP contribution is 2.53. The lowest BCUT2D eigenvalue weighted by atomic mass is 9.99. The van der Waals surface area contributed by atoms with E-state index < -0.39 is 0 Å². The zero-order valence-electron chi connectivity index (χ0n) is 12.6. The Labute approximate surface area is 122 Å². The van der Waals surface area contributed by atoms with E-state index in [2.05, 4.69) is 36.1 Å². The van der Waals surface area contributed by atoms with Gasteiger partial charge in [0.15, 0.2) is 0 Å². The number of nitrogens with zero attached hydrogens (tertiary/aromatic N) is 1. The smallest absolute Gasteiger partial charge is 0.0885 e. The van der Waals surface area contributed by atoms with Crippen LogP contribution in [0.2, 0.25) is 0 Å². The lowest BCUT2D eigenvalue weighted by molar-refractivity contribution is -0.0272. The summed E-state index contributed by atoms with van der Waals surface area (Å²) in [5, 5.41) is 0. The molecule has 3 atom stereocenters. The quantitative estimate of drug-likeness (QED) is 0.835. The van der Waals surface area contributed by atoms with E-state index in [0.717, 1.165) is 37.1 Å². The van der Waals surface area contributed by atoms with E-state index in [0.29, 0.717) is 0 Å². The summed E-state index contributed by atoms with van der Waals surface area (Å²) in [6.45, 7) is 6.08. The average molecular weight is 271 g/mol. The third-order valence-corrected chi connectivity index (χ3v) is 6.01. The summed E-state index contributed by atoms with van der Waals surface area (Å²) in [5.41, 5.74) is 3.01. The Morgan fingerprint density at radius 1 is 1.15 bits per heavy atom. The topological polar surface area (TPSA) is 12.5 Å². The predicted octanol–water partition coefficient (Wildman–Crippen LogP) is 2.76. The van der Waals surface area contributed by atoms with Gasteiger partial charge in [-0.2, -0.15) is 0 Å². The maximum Gasteiger partial charge on any atom is 0.0885 e. The summed E-state index contributed by atoms with van der Waals surface area (Å²) in [7, 11) is 1.90. The molecule has 1 saturated carbocycles. The molecule has 1 heterocycles. The predicted molar refractivity (Wildman–Crippen MR) is 80.8 cm³/mol. The van der Waals surface area contributed by atoms with Crippen LogP contribution in [0.15, 0.2) is 24.3 Å². The lowest BCUT2D eigenvalue weighted by Crippen LogP contribution is -2.45. The van der Waals surface area contributed by atoms with Crippen LogP contribution in [0.3, 0.4) is 0 Å². The number of likely N-dealkylation sites (tertiary alicyclic amines) is 1. The summed E-state index contributed by atoms with van der Waals surface area (Å²) in [5.74, 6) is 3.03. The number of hydrogen-bond acceptors (Lipinski definition) is 2. The van der Waals surface area contributed by atoms with Crippen molar-refractivity contribution in [1.82, 2.24) is 4.90 Å². The van der Waals surface area contributed by atoms with Crippen LogP contribution in [0.5, 0.6) is 0 Å². The first-order valence-corrected chi connectivity index (χ1v) is 8.09.